The average Bonchev–Trinajstić information content (AvgIpc) is 3.06. The van der Waals surface area contributed by atoms with Crippen molar-refractivity contribution >= 4 is 81.4 Å². The average molecular weight is 816 g/mol. The number of Topliss-reactive ketones (excluding diaryl/α,β-unsaturated/α-hetero) is 2. The summed E-state index contributed by atoms with van der Waals surface area (Å²) in [6.45, 7) is 0. The smallest absolute Gasteiger partial charge is 0.744 e. The number of fused-ring (bicyclic) bond motifs is 2. The number of anilines is 3. The Morgan fingerprint density at radius 3 is 1.57 bits per heavy atom. The molecule has 0 unspecified atom stereocenters. The van der Waals surface area contributed by atoms with Gasteiger partial charge in [-0.15, -0.1) is 0 Å². The fraction of sp³-hybridized carbons (Fsp3) is 0. The van der Waals surface area contributed by atoms with Crippen LogP contribution in [0, 0.1) is 0 Å². The minimum absolute atomic E-state index is 0. The molecule has 16 nitrogen and oxygen atoms in total. The number of carbonyl (C=O) groups excluding carboxylic acids is 2. The number of benzene rings is 4. The Kier molecular flexibility index (Phi) is 14.8. The van der Waals surface area contributed by atoms with Gasteiger partial charge in [0.15, 0.2) is 0 Å². The number of hydrazone groups is 2. The molecule has 0 heterocycles. The molecule has 260 valence electrons. The van der Waals surface area contributed by atoms with Crippen molar-refractivity contribution in [2.75, 3.05) is 16.6 Å². The van der Waals surface area contributed by atoms with Gasteiger partial charge in [0.1, 0.15) is 41.8 Å². The number of ketones is 2. The largest absolute Gasteiger partial charge is 1.00 e. The van der Waals surface area contributed by atoms with Crippen molar-refractivity contribution in [2.24, 2.45) is 10.2 Å². The fourth-order valence-corrected chi connectivity index (χ4v) is 7.12. The maximum Gasteiger partial charge on any atom is 1.00 e. The first-order valence-corrected chi connectivity index (χ1v) is 18.5. The van der Waals surface area contributed by atoms with Gasteiger partial charge in [-0.3, -0.25) is 20.4 Å². The monoisotopic (exact) mass is 815 g/mol. The minimum atomic E-state index is -5.31. The van der Waals surface area contributed by atoms with Crippen LogP contribution in [-0.4, -0.2) is 61.9 Å². The van der Waals surface area contributed by atoms with Gasteiger partial charge < -0.3 is 19.4 Å². The SMILES string of the molecule is Nc1cc(S(=O)(=O)[O-])cc2c1C(=O)/C(=N/Nc1ccc(-c3ccc(N/N=C4/C=C(S(=O)(=O)[O-])c5ccccc5C4=O)cc3)cc1)C(S(=O)(=O)[O-])=C2.[Na+].[Na+].[Na+]. The number of rotatable bonds is 8. The summed E-state index contributed by atoms with van der Waals surface area (Å²) in [6.07, 6.45) is 1.64. The first kappa shape index (κ1) is 45.6. The van der Waals surface area contributed by atoms with Crippen LogP contribution in [-0.2, 0) is 30.4 Å². The molecule has 0 amide bonds. The number of hydrogen-bond donors (Lipinski definition) is 3. The molecule has 0 aliphatic heterocycles. The van der Waals surface area contributed by atoms with E-state index in [9.17, 15) is 48.5 Å². The Balaban J connectivity index is 0.00000261. The first-order valence-electron chi connectivity index (χ1n) is 14.2. The third kappa shape index (κ3) is 9.75. The summed E-state index contributed by atoms with van der Waals surface area (Å²) in [4.78, 5) is 23.6. The molecule has 0 radical (unpaired) electrons. The van der Waals surface area contributed by atoms with Gasteiger partial charge in [-0.05, 0) is 65.2 Å². The van der Waals surface area contributed by atoms with Crippen LogP contribution in [0.3, 0.4) is 0 Å². The fourth-order valence-electron chi connectivity index (χ4n) is 5.23. The van der Waals surface area contributed by atoms with E-state index in [0.29, 0.717) is 16.8 Å². The summed E-state index contributed by atoms with van der Waals surface area (Å²) >= 11 is 0. The van der Waals surface area contributed by atoms with E-state index in [4.69, 9.17) is 5.73 Å². The zero-order valence-electron chi connectivity index (χ0n) is 28.4. The van der Waals surface area contributed by atoms with Gasteiger partial charge in [0.05, 0.1) is 31.6 Å². The van der Waals surface area contributed by atoms with Crippen LogP contribution in [0.5, 0.6) is 0 Å². The van der Waals surface area contributed by atoms with E-state index in [1.54, 1.807) is 36.4 Å². The number of nitrogens with one attached hydrogen (secondary N) is 2. The molecule has 0 spiro atoms. The van der Waals surface area contributed by atoms with Crippen molar-refractivity contribution in [1.82, 2.24) is 0 Å². The van der Waals surface area contributed by atoms with Gasteiger partial charge in [-0.25, -0.2) is 25.3 Å². The molecule has 6 rings (SSSR count). The number of hydrogen-bond acceptors (Lipinski definition) is 16. The molecule has 2 aliphatic rings. The maximum absolute atomic E-state index is 13.2. The van der Waals surface area contributed by atoms with Gasteiger partial charge in [0.2, 0.25) is 11.6 Å². The Morgan fingerprint density at radius 2 is 1.07 bits per heavy atom. The van der Waals surface area contributed by atoms with E-state index >= 15 is 0 Å². The van der Waals surface area contributed by atoms with E-state index in [1.807, 2.05) is 0 Å². The van der Waals surface area contributed by atoms with E-state index < -0.39 is 68.0 Å². The summed E-state index contributed by atoms with van der Waals surface area (Å²) in [5.41, 5.74) is 10.9. The van der Waals surface area contributed by atoms with Crippen LogP contribution in [0.4, 0.5) is 17.1 Å². The van der Waals surface area contributed by atoms with Gasteiger partial charge in [0.25, 0.3) is 0 Å². The first-order chi connectivity index (χ1) is 23.9. The molecule has 22 heteroatoms. The Labute approximate surface area is 375 Å². The molecular weight excluding hydrogens is 796 g/mol. The van der Waals surface area contributed by atoms with Gasteiger partial charge >= 0.3 is 88.7 Å². The second-order valence-corrected chi connectivity index (χ2v) is 15.0. The second kappa shape index (κ2) is 17.5. The number of carbonyl (C=O) groups is 2. The minimum Gasteiger partial charge on any atom is -0.744 e. The molecular formula is C32H20N5Na3O11S3. The van der Waals surface area contributed by atoms with Crippen LogP contribution in [0.2, 0.25) is 0 Å². The topological polar surface area (TPSA) is 281 Å². The normalized spacial score (nSPS) is 15.4. The van der Waals surface area contributed by atoms with Gasteiger partial charge in [0, 0.05) is 16.8 Å². The third-order valence-corrected chi connectivity index (χ3v) is 10.1. The maximum atomic E-state index is 13.2. The third-order valence-electron chi connectivity index (χ3n) is 7.61. The summed E-state index contributed by atoms with van der Waals surface area (Å²) < 4.78 is 106. The molecule has 0 aromatic heterocycles. The van der Waals surface area contributed by atoms with Crippen LogP contribution in [0.25, 0.3) is 22.1 Å². The van der Waals surface area contributed by atoms with Crippen LogP contribution in [0.15, 0.2) is 111 Å². The Morgan fingerprint density at radius 1 is 0.574 bits per heavy atom. The van der Waals surface area contributed by atoms with Crippen LogP contribution >= 0.6 is 0 Å². The quantitative estimate of drug-likeness (QED) is 0.0647. The van der Waals surface area contributed by atoms with Gasteiger partial charge in [-0.1, -0.05) is 48.5 Å². The van der Waals surface area contributed by atoms with Crippen molar-refractivity contribution in [2.45, 2.75) is 4.90 Å². The van der Waals surface area contributed by atoms with Gasteiger partial charge in [-0.2, -0.15) is 10.2 Å². The Bertz CT molecular complexity index is 2650. The molecule has 0 fully saturated rings. The summed E-state index contributed by atoms with van der Waals surface area (Å²) in [6, 6.07) is 20.3. The Hall–Kier alpha value is -2.83. The molecule has 4 N–H and O–H groups in total. The molecule has 0 saturated carbocycles. The summed E-state index contributed by atoms with van der Waals surface area (Å²) in [5.74, 6) is -1.67. The molecule has 4 aromatic rings. The van der Waals surface area contributed by atoms with E-state index in [0.717, 1.165) is 24.3 Å². The van der Waals surface area contributed by atoms with Crippen LogP contribution < -0.4 is 105 Å². The second-order valence-electron chi connectivity index (χ2n) is 10.9. The van der Waals surface area contributed by atoms with Crippen molar-refractivity contribution in [3.8, 4) is 11.1 Å². The predicted molar refractivity (Wildman–Crippen MR) is 183 cm³/mol. The van der Waals surface area contributed by atoms with E-state index in [2.05, 4.69) is 21.1 Å². The van der Waals surface area contributed by atoms with Crippen molar-refractivity contribution < 1.29 is 137 Å². The van der Waals surface area contributed by atoms with Crippen molar-refractivity contribution in [3.63, 3.8) is 0 Å². The molecule has 2 aliphatic carbocycles. The predicted octanol–water partition coefficient (Wildman–Crippen LogP) is -6.05. The summed E-state index contributed by atoms with van der Waals surface area (Å²) in [5, 5.41) is 7.85. The van der Waals surface area contributed by atoms with E-state index in [-0.39, 0.29) is 122 Å². The number of nitrogens with zero attached hydrogens (tertiary/aromatic N) is 2. The van der Waals surface area contributed by atoms with Crippen LogP contribution in [0.1, 0.15) is 31.8 Å². The zero-order valence-corrected chi connectivity index (χ0v) is 36.9. The number of nitrogens with two attached hydrogens (primary N) is 1. The van der Waals surface area contributed by atoms with Crippen molar-refractivity contribution in [1.29, 1.82) is 0 Å². The van der Waals surface area contributed by atoms with E-state index in [1.165, 1.54) is 36.4 Å². The molecule has 0 bridgehead atoms. The molecule has 0 atom stereocenters. The zero-order chi connectivity index (χ0) is 36.9. The molecule has 4 aromatic carbocycles. The standard InChI is InChI=1S/C32H23N5O11S3.3Na/c33-25-15-22(49(40,41)42)13-19-14-28(51(46,47)48)30(32(39)29(19)25)37-35-21-11-7-18(8-12-21)17-5-9-20(10-6-17)34-36-26-16-27(50(43,44)45)23-3-1-2-4-24(23)31(26)38;;;/h1-16,34-35H,33H2,(H,40,41,42)(H,43,44,45)(H,46,47,48);;;/q;3*+1/p-3/b36-26-,37-30+;;;. The van der Waals surface area contributed by atoms with Crippen molar-refractivity contribution in [3.05, 3.63) is 118 Å². The number of nitrogen functional groups attached to an aromatic ring is 1. The molecule has 54 heavy (non-hydrogen) atoms. The summed E-state index contributed by atoms with van der Waals surface area (Å²) in [7, 11) is -15.2. The number of allylic oxidation sites excluding steroid dienone is 2. The molecule has 0 saturated heterocycles.